The van der Waals surface area contributed by atoms with Gasteiger partial charge in [-0.3, -0.25) is 4.90 Å². The number of methoxy groups -OCH3 is 3. The molecule has 0 aromatic heterocycles. The molecule has 1 fully saturated rings. The first-order valence-electron chi connectivity index (χ1n) is 9.65. The van der Waals surface area contributed by atoms with Crippen molar-refractivity contribution in [1.82, 2.24) is 4.90 Å². The van der Waals surface area contributed by atoms with Crippen molar-refractivity contribution in [2.75, 3.05) is 41.0 Å². The maximum atomic E-state index is 5.48. The van der Waals surface area contributed by atoms with E-state index >= 15 is 0 Å². The van der Waals surface area contributed by atoms with Gasteiger partial charge in [0.1, 0.15) is 11.5 Å². The summed E-state index contributed by atoms with van der Waals surface area (Å²) in [6, 6.07) is 17.4. The van der Waals surface area contributed by atoms with E-state index in [4.69, 9.17) is 14.2 Å². The first kappa shape index (κ1) is 19.7. The van der Waals surface area contributed by atoms with Crippen LogP contribution < -0.4 is 9.47 Å². The molecule has 1 saturated heterocycles. The van der Waals surface area contributed by atoms with Gasteiger partial charge in [-0.1, -0.05) is 31.2 Å². The Bertz CT molecular complexity index is 651. The molecular weight excluding hydrogens is 338 g/mol. The van der Waals surface area contributed by atoms with Gasteiger partial charge < -0.3 is 14.2 Å². The number of ether oxygens (including phenoxy) is 3. The zero-order valence-electron chi connectivity index (χ0n) is 16.9. The van der Waals surface area contributed by atoms with Gasteiger partial charge >= 0.3 is 0 Å². The van der Waals surface area contributed by atoms with Gasteiger partial charge in [0.25, 0.3) is 0 Å². The molecule has 1 aliphatic rings. The van der Waals surface area contributed by atoms with E-state index in [-0.39, 0.29) is 0 Å². The van der Waals surface area contributed by atoms with Crippen LogP contribution >= 0.6 is 0 Å². The molecule has 0 saturated carbocycles. The highest BCUT2D eigenvalue weighted by molar-refractivity contribution is 5.38. The number of likely N-dealkylation sites (tertiary alicyclic amines) is 1. The van der Waals surface area contributed by atoms with Gasteiger partial charge in [0, 0.05) is 32.2 Å². The number of rotatable bonds is 8. The molecule has 0 amide bonds. The van der Waals surface area contributed by atoms with Gasteiger partial charge in [0.2, 0.25) is 0 Å². The summed E-state index contributed by atoms with van der Waals surface area (Å²) < 4.78 is 16.2. The third-order valence-electron chi connectivity index (χ3n) is 5.55. The molecule has 4 nitrogen and oxygen atoms in total. The summed E-state index contributed by atoms with van der Waals surface area (Å²) in [4.78, 5) is 2.59. The quantitative estimate of drug-likeness (QED) is 0.698. The Morgan fingerprint density at radius 2 is 1.41 bits per heavy atom. The van der Waals surface area contributed by atoms with Gasteiger partial charge in [-0.25, -0.2) is 0 Å². The van der Waals surface area contributed by atoms with Crippen molar-refractivity contribution in [3.63, 3.8) is 0 Å². The summed E-state index contributed by atoms with van der Waals surface area (Å²) in [7, 11) is 5.21. The zero-order chi connectivity index (χ0) is 19.2. The summed E-state index contributed by atoms with van der Waals surface area (Å²) in [6.45, 7) is 5.23. The van der Waals surface area contributed by atoms with Gasteiger partial charge in [0.15, 0.2) is 0 Å². The fourth-order valence-electron chi connectivity index (χ4n) is 4.14. The minimum atomic E-state index is 0.298. The van der Waals surface area contributed by atoms with Crippen LogP contribution in [0.15, 0.2) is 48.5 Å². The van der Waals surface area contributed by atoms with E-state index < -0.39 is 0 Å². The molecule has 3 rings (SSSR count). The smallest absolute Gasteiger partial charge is 0.118 e. The van der Waals surface area contributed by atoms with E-state index in [1.165, 1.54) is 17.5 Å². The van der Waals surface area contributed by atoms with E-state index in [2.05, 4.69) is 36.1 Å². The van der Waals surface area contributed by atoms with Crippen molar-refractivity contribution in [3.8, 4) is 11.5 Å². The van der Waals surface area contributed by atoms with Crippen molar-refractivity contribution in [3.05, 3.63) is 59.7 Å². The fraction of sp³-hybridized carbons (Fsp3) is 0.478. The second-order valence-electron chi connectivity index (χ2n) is 7.50. The molecule has 2 atom stereocenters. The molecule has 0 aliphatic carbocycles. The van der Waals surface area contributed by atoms with Crippen LogP contribution in [-0.2, 0) is 4.74 Å². The molecule has 0 N–H and O–H groups in total. The maximum Gasteiger partial charge on any atom is 0.118 e. The Morgan fingerprint density at radius 1 is 0.889 bits per heavy atom. The Balaban J connectivity index is 1.88. The van der Waals surface area contributed by atoms with Crippen LogP contribution in [0.3, 0.4) is 0 Å². The lowest BCUT2D eigenvalue weighted by Crippen LogP contribution is -2.36. The molecule has 27 heavy (non-hydrogen) atoms. The molecule has 0 spiro atoms. The van der Waals surface area contributed by atoms with Gasteiger partial charge in [-0.2, -0.15) is 0 Å². The van der Waals surface area contributed by atoms with E-state index in [1.54, 1.807) is 21.3 Å². The maximum absolute atomic E-state index is 5.48. The molecular formula is C23H31NO3. The van der Waals surface area contributed by atoms with Crippen LogP contribution in [0.2, 0.25) is 0 Å². The van der Waals surface area contributed by atoms with Gasteiger partial charge in [0.05, 0.1) is 20.8 Å². The Labute approximate surface area is 163 Å². The molecule has 2 aromatic carbocycles. The van der Waals surface area contributed by atoms with Gasteiger partial charge in [-0.05, 0) is 47.7 Å². The van der Waals surface area contributed by atoms with Crippen molar-refractivity contribution in [2.45, 2.75) is 25.3 Å². The van der Waals surface area contributed by atoms with Crippen LogP contribution in [0.4, 0.5) is 0 Å². The second-order valence-corrected chi connectivity index (χ2v) is 7.50. The van der Waals surface area contributed by atoms with Crippen molar-refractivity contribution in [1.29, 1.82) is 0 Å². The third-order valence-corrected chi connectivity index (χ3v) is 5.55. The minimum absolute atomic E-state index is 0.298. The monoisotopic (exact) mass is 369 g/mol. The first-order valence-corrected chi connectivity index (χ1v) is 9.65. The lowest BCUT2D eigenvalue weighted by molar-refractivity contribution is 0.114. The molecule has 1 aliphatic heterocycles. The summed E-state index contributed by atoms with van der Waals surface area (Å²) in [5.74, 6) is 2.78. The summed E-state index contributed by atoms with van der Waals surface area (Å²) in [5.41, 5.74) is 2.60. The molecule has 0 bridgehead atoms. The lowest BCUT2D eigenvalue weighted by Gasteiger charge is -2.29. The molecule has 1 heterocycles. The zero-order valence-corrected chi connectivity index (χ0v) is 16.9. The van der Waals surface area contributed by atoms with Crippen LogP contribution in [0.25, 0.3) is 0 Å². The van der Waals surface area contributed by atoms with Crippen LogP contribution in [0, 0.1) is 5.92 Å². The number of hydrogen-bond donors (Lipinski definition) is 0. The van der Waals surface area contributed by atoms with E-state index in [0.717, 1.165) is 31.2 Å². The molecule has 4 heteroatoms. The standard InChI is InChI=1S/C23H31NO3/c1-17-13-20(16-25-2)24(14-17)15-23(18-5-9-21(26-3)10-6-18)19-7-11-22(27-4)12-8-19/h5-12,17,20,23H,13-16H2,1-4H3/t17-,20?/m0/s1. The van der Waals surface area contributed by atoms with Crippen LogP contribution in [-0.4, -0.2) is 52.0 Å². The first-order chi connectivity index (χ1) is 13.1. The Kier molecular flexibility index (Phi) is 6.75. The highest BCUT2D eigenvalue weighted by Gasteiger charge is 2.31. The van der Waals surface area contributed by atoms with Gasteiger partial charge in [-0.15, -0.1) is 0 Å². The number of hydrogen-bond acceptors (Lipinski definition) is 4. The summed E-state index contributed by atoms with van der Waals surface area (Å²) in [5, 5.41) is 0. The molecule has 2 aromatic rings. The van der Waals surface area contributed by atoms with E-state index in [1.807, 2.05) is 24.3 Å². The molecule has 146 valence electrons. The van der Waals surface area contributed by atoms with E-state index in [9.17, 15) is 0 Å². The molecule has 1 unspecified atom stereocenters. The fourth-order valence-corrected chi connectivity index (χ4v) is 4.14. The highest BCUT2D eigenvalue weighted by Crippen LogP contribution is 2.32. The van der Waals surface area contributed by atoms with Crippen molar-refractivity contribution in [2.24, 2.45) is 5.92 Å². The molecule has 0 radical (unpaired) electrons. The predicted octanol–water partition coefficient (Wildman–Crippen LogP) is 4.19. The summed E-state index contributed by atoms with van der Waals surface area (Å²) >= 11 is 0. The number of benzene rings is 2. The van der Waals surface area contributed by atoms with Crippen LogP contribution in [0.5, 0.6) is 11.5 Å². The lowest BCUT2D eigenvalue weighted by atomic mass is 9.90. The predicted molar refractivity (Wildman–Crippen MR) is 109 cm³/mol. The highest BCUT2D eigenvalue weighted by atomic mass is 16.5. The second kappa shape index (κ2) is 9.25. The normalized spacial score (nSPS) is 20.2. The van der Waals surface area contributed by atoms with Crippen molar-refractivity contribution < 1.29 is 14.2 Å². The van der Waals surface area contributed by atoms with E-state index in [0.29, 0.717) is 17.9 Å². The largest absolute Gasteiger partial charge is 0.497 e. The van der Waals surface area contributed by atoms with Crippen molar-refractivity contribution >= 4 is 0 Å². The Morgan fingerprint density at radius 3 is 1.85 bits per heavy atom. The number of nitrogens with zero attached hydrogens (tertiary/aromatic N) is 1. The Hall–Kier alpha value is -2.04. The average molecular weight is 370 g/mol. The van der Waals surface area contributed by atoms with Crippen LogP contribution in [0.1, 0.15) is 30.4 Å². The SMILES string of the molecule is COCC1C[C@H](C)CN1CC(c1ccc(OC)cc1)c1ccc(OC)cc1. The summed E-state index contributed by atoms with van der Waals surface area (Å²) in [6.07, 6.45) is 1.20. The topological polar surface area (TPSA) is 30.9 Å². The minimum Gasteiger partial charge on any atom is -0.497 e. The third kappa shape index (κ3) is 4.82. The average Bonchev–Trinajstić information content (AvgIpc) is 3.05.